The van der Waals surface area contributed by atoms with Gasteiger partial charge in [-0.15, -0.1) is 0 Å². The maximum absolute atomic E-state index is 5.37. The van der Waals surface area contributed by atoms with Crippen molar-refractivity contribution in [2.24, 2.45) is 0 Å². The molecule has 2 aliphatic carbocycles. The molecular formula is C85H61N3. The summed E-state index contributed by atoms with van der Waals surface area (Å²) in [5.41, 5.74) is 29.9. The molecule has 3 nitrogen and oxygen atoms in total. The van der Waals surface area contributed by atoms with Gasteiger partial charge in [0, 0.05) is 50.0 Å². The van der Waals surface area contributed by atoms with E-state index in [0.29, 0.717) is 0 Å². The van der Waals surface area contributed by atoms with Crippen LogP contribution in [-0.2, 0) is 5.41 Å². The Morgan fingerprint density at radius 3 is 1.34 bits per heavy atom. The fraction of sp³-hybridized carbons (Fsp3) is 0.0588. The topological polar surface area (TPSA) is 30.7 Å². The average Bonchev–Trinajstić information content (AvgIpc) is 1.73. The molecule has 1 atom stereocenters. The molecular weight excluding hydrogens is 1060 g/mol. The van der Waals surface area contributed by atoms with Gasteiger partial charge in [-0.05, 0) is 157 Å². The summed E-state index contributed by atoms with van der Waals surface area (Å²) in [7, 11) is 0. The molecule has 0 amide bonds. The maximum atomic E-state index is 5.37. The van der Waals surface area contributed by atoms with Crippen LogP contribution in [0.25, 0.3) is 128 Å². The zero-order valence-electron chi connectivity index (χ0n) is 49.1. The summed E-state index contributed by atoms with van der Waals surface area (Å²) >= 11 is 0. The van der Waals surface area contributed by atoms with E-state index in [1.165, 1.54) is 77.5 Å². The monoisotopic (exact) mass is 1120 g/mol. The molecule has 14 aromatic rings. The van der Waals surface area contributed by atoms with E-state index in [1.807, 2.05) is 0 Å². The van der Waals surface area contributed by atoms with E-state index in [-0.39, 0.29) is 11.3 Å². The Kier molecular flexibility index (Phi) is 13.0. The van der Waals surface area contributed by atoms with E-state index >= 15 is 0 Å². The molecule has 0 N–H and O–H groups in total. The van der Waals surface area contributed by atoms with E-state index in [2.05, 4.69) is 334 Å². The molecule has 88 heavy (non-hydrogen) atoms. The highest BCUT2D eigenvalue weighted by molar-refractivity contribution is 6.12. The van der Waals surface area contributed by atoms with Gasteiger partial charge in [-0.1, -0.05) is 263 Å². The molecule has 0 saturated carbocycles. The Balaban J connectivity index is 0.892. The van der Waals surface area contributed by atoms with Crippen molar-refractivity contribution in [1.29, 1.82) is 0 Å². The van der Waals surface area contributed by atoms with Gasteiger partial charge in [0.1, 0.15) is 0 Å². The molecule has 3 aromatic heterocycles. The van der Waals surface area contributed by atoms with E-state index < -0.39 is 0 Å². The van der Waals surface area contributed by atoms with Crippen molar-refractivity contribution in [3.63, 3.8) is 0 Å². The first-order valence-corrected chi connectivity index (χ1v) is 30.6. The van der Waals surface area contributed by atoms with E-state index in [4.69, 9.17) is 9.97 Å². The summed E-state index contributed by atoms with van der Waals surface area (Å²) in [4.78, 5) is 10.7. The van der Waals surface area contributed by atoms with E-state index in [1.54, 1.807) is 0 Å². The first-order chi connectivity index (χ1) is 43.4. The molecule has 0 spiro atoms. The molecule has 16 rings (SSSR count). The lowest BCUT2D eigenvalue weighted by Gasteiger charge is -2.26. The number of pyridine rings is 2. The minimum absolute atomic E-state index is 0.0210. The number of rotatable bonds is 11. The van der Waals surface area contributed by atoms with Gasteiger partial charge in [-0.2, -0.15) is 0 Å². The second-order valence-corrected chi connectivity index (χ2v) is 24.0. The van der Waals surface area contributed by atoms with Gasteiger partial charge in [0.25, 0.3) is 0 Å². The Morgan fingerprint density at radius 2 is 0.807 bits per heavy atom. The van der Waals surface area contributed by atoms with Crippen LogP contribution in [0.2, 0.25) is 0 Å². The van der Waals surface area contributed by atoms with Crippen molar-refractivity contribution in [1.82, 2.24) is 14.5 Å². The number of para-hydroxylation sites is 1. The zero-order valence-corrected chi connectivity index (χ0v) is 49.1. The number of nitrogens with zero attached hydrogens (tertiary/aromatic N) is 3. The van der Waals surface area contributed by atoms with Crippen LogP contribution in [-0.4, -0.2) is 14.5 Å². The Morgan fingerprint density at radius 1 is 0.341 bits per heavy atom. The molecule has 416 valence electrons. The quantitative estimate of drug-likeness (QED) is 0.129. The van der Waals surface area contributed by atoms with Gasteiger partial charge in [-0.25, -0.2) is 9.97 Å². The van der Waals surface area contributed by atoms with Crippen molar-refractivity contribution < 1.29 is 0 Å². The SMILES string of the molecule is CC1(C)c2ccccc2-c2cc3c4ccccc4n(-c4ccc(-c5c(-c6ccccc6)cc(C6=CC(c7cc(-c8ccccc8)nc(-c8ccccc8)c7)=CC(c7cc(-c8ccccc8)nc(-c8ccccc8)c7)C6)cc5-c5ccccc5)cc4)c3cc21. The highest BCUT2D eigenvalue weighted by Crippen LogP contribution is 2.52. The van der Waals surface area contributed by atoms with Crippen LogP contribution >= 0.6 is 0 Å². The van der Waals surface area contributed by atoms with Crippen LogP contribution in [0.1, 0.15) is 54.0 Å². The van der Waals surface area contributed by atoms with Crippen molar-refractivity contribution in [3.05, 3.63) is 343 Å². The molecule has 2 aliphatic rings. The molecule has 0 radical (unpaired) electrons. The highest BCUT2D eigenvalue weighted by Gasteiger charge is 2.36. The lowest BCUT2D eigenvalue weighted by atomic mass is 9.78. The molecule has 0 fully saturated rings. The van der Waals surface area contributed by atoms with Gasteiger partial charge >= 0.3 is 0 Å². The van der Waals surface area contributed by atoms with Crippen LogP contribution in [0, 0.1) is 0 Å². The van der Waals surface area contributed by atoms with Gasteiger partial charge in [0.2, 0.25) is 0 Å². The largest absolute Gasteiger partial charge is 0.309 e. The fourth-order valence-corrected chi connectivity index (χ4v) is 13.9. The zero-order chi connectivity index (χ0) is 58.7. The maximum Gasteiger partial charge on any atom is 0.0715 e. The Bertz CT molecular complexity index is 4850. The molecule has 0 saturated heterocycles. The number of hydrogen-bond acceptors (Lipinski definition) is 2. The third-order valence-corrected chi connectivity index (χ3v) is 18.3. The Labute approximate surface area is 514 Å². The first kappa shape index (κ1) is 52.5. The molecule has 0 bridgehead atoms. The smallest absolute Gasteiger partial charge is 0.0715 e. The van der Waals surface area contributed by atoms with Crippen LogP contribution in [0.3, 0.4) is 0 Å². The summed E-state index contributed by atoms with van der Waals surface area (Å²) in [5.74, 6) is -0.0210. The summed E-state index contributed by atoms with van der Waals surface area (Å²) in [6.07, 6.45) is 5.72. The predicted octanol–water partition coefficient (Wildman–Crippen LogP) is 22.2. The highest BCUT2D eigenvalue weighted by atomic mass is 15.0. The number of fused-ring (bicyclic) bond motifs is 6. The molecule has 1 unspecified atom stereocenters. The fourth-order valence-electron chi connectivity index (χ4n) is 13.9. The lowest BCUT2D eigenvalue weighted by molar-refractivity contribution is 0.661. The first-order valence-electron chi connectivity index (χ1n) is 30.6. The number of allylic oxidation sites excluding steroid dienone is 4. The number of benzene rings is 11. The second kappa shape index (κ2) is 21.8. The normalized spacial score (nSPS) is 14.1. The van der Waals surface area contributed by atoms with Crippen molar-refractivity contribution in [2.75, 3.05) is 0 Å². The second-order valence-electron chi connectivity index (χ2n) is 24.0. The minimum atomic E-state index is -0.126. The van der Waals surface area contributed by atoms with Crippen molar-refractivity contribution >= 4 is 33.0 Å². The molecule has 3 heteroatoms. The summed E-state index contributed by atoms with van der Waals surface area (Å²) in [5, 5.41) is 2.53. The average molecular weight is 1120 g/mol. The third-order valence-electron chi connectivity index (χ3n) is 18.3. The van der Waals surface area contributed by atoms with Crippen molar-refractivity contribution in [3.8, 4) is 95.2 Å². The van der Waals surface area contributed by atoms with Crippen LogP contribution < -0.4 is 0 Å². The molecule has 0 aliphatic heterocycles. The minimum Gasteiger partial charge on any atom is -0.309 e. The van der Waals surface area contributed by atoms with Crippen LogP contribution in [0.4, 0.5) is 0 Å². The Hall–Kier alpha value is -11.0. The number of hydrogen-bond donors (Lipinski definition) is 0. The van der Waals surface area contributed by atoms with Crippen LogP contribution in [0.5, 0.6) is 0 Å². The molecule has 3 heterocycles. The lowest BCUT2D eigenvalue weighted by Crippen LogP contribution is -2.14. The van der Waals surface area contributed by atoms with E-state index in [0.717, 1.165) is 85.0 Å². The van der Waals surface area contributed by atoms with Crippen molar-refractivity contribution in [2.45, 2.75) is 31.6 Å². The van der Waals surface area contributed by atoms with Gasteiger partial charge in [0.15, 0.2) is 0 Å². The standard InChI is InChI=1S/C85H61N3/c1-85(2)76-39-23-21-37-70(76)74-54-75-71-38-22-24-40-82(71)88(83(75)55-77(74)85)69-43-41-62(42-44-69)84-72(56-25-9-3-10-26-56)48-66(49-73(84)57-27-11-4-12-28-57)63-45-64(67-50-78(58-29-13-5-14-30-58)86-79(51-67)59-31-15-6-16-32-59)47-65(46-63)68-52-80(60-33-17-7-18-34-60)87-81(53-68)61-35-19-8-20-36-61/h3-45,47-55,65H,46H2,1-2H3. The van der Waals surface area contributed by atoms with Gasteiger partial charge in [-0.3, -0.25) is 0 Å². The third kappa shape index (κ3) is 9.40. The summed E-state index contributed by atoms with van der Waals surface area (Å²) in [6, 6.07) is 111. The van der Waals surface area contributed by atoms with Crippen LogP contribution in [0.15, 0.2) is 315 Å². The van der Waals surface area contributed by atoms with Gasteiger partial charge in [0.05, 0.1) is 33.8 Å². The summed E-state index contributed by atoms with van der Waals surface area (Å²) in [6.45, 7) is 4.75. The summed E-state index contributed by atoms with van der Waals surface area (Å²) < 4.78 is 2.48. The van der Waals surface area contributed by atoms with E-state index in [9.17, 15) is 0 Å². The van der Waals surface area contributed by atoms with Gasteiger partial charge < -0.3 is 4.57 Å². The predicted molar refractivity (Wildman–Crippen MR) is 368 cm³/mol. The number of aromatic nitrogens is 3. The molecule has 11 aromatic carbocycles.